The minimum absolute atomic E-state index is 0.0155. The highest BCUT2D eigenvalue weighted by atomic mass is 16.8. The van der Waals surface area contributed by atoms with Gasteiger partial charge in [0.05, 0.1) is 18.8 Å². The Balaban J connectivity index is 1.76. The van der Waals surface area contributed by atoms with Gasteiger partial charge in [0, 0.05) is 12.8 Å². The molecule has 4 nitrogen and oxygen atoms in total. The third kappa shape index (κ3) is 2.58. The zero-order chi connectivity index (χ0) is 15.0. The van der Waals surface area contributed by atoms with Crippen LogP contribution in [0.4, 0.5) is 0 Å². The maximum absolute atomic E-state index is 12.0. The normalized spacial score (nSPS) is 27.6. The van der Waals surface area contributed by atoms with Crippen LogP contribution in [-0.2, 0) is 31.8 Å². The van der Waals surface area contributed by atoms with E-state index in [1.54, 1.807) is 6.92 Å². The topological polar surface area (TPSA) is 44.8 Å². The highest BCUT2D eigenvalue weighted by Crippen LogP contribution is 2.40. The molecule has 1 aliphatic carbocycles. The molecule has 3 atom stereocenters. The quantitative estimate of drug-likeness (QED) is 0.802. The second-order valence-corrected chi connectivity index (χ2v) is 5.98. The monoisotopic (exact) mass is 290 g/mol. The van der Waals surface area contributed by atoms with Crippen molar-refractivity contribution in [3.05, 3.63) is 35.4 Å². The first-order valence-electron chi connectivity index (χ1n) is 7.62. The molecule has 0 bridgehead atoms. The molecule has 0 aromatic heterocycles. The predicted molar refractivity (Wildman–Crippen MR) is 77.8 cm³/mol. The number of benzene rings is 1. The Morgan fingerprint density at radius 1 is 1.29 bits per heavy atom. The van der Waals surface area contributed by atoms with Crippen molar-refractivity contribution < 1.29 is 19.0 Å². The first-order chi connectivity index (χ1) is 10.0. The molecule has 2 aliphatic rings. The lowest BCUT2D eigenvalue weighted by Gasteiger charge is -2.28. The third-order valence-corrected chi connectivity index (χ3v) is 4.57. The summed E-state index contributed by atoms with van der Waals surface area (Å²) in [7, 11) is 0. The van der Waals surface area contributed by atoms with Gasteiger partial charge in [0.25, 0.3) is 0 Å². The van der Waals surface area contributed by atoms with Crippen LogP contribution in [-0.4, -0.2) is 30.6 Å². The maximum Gasteiger partial charge on any atom is 0.314 e. The zero-order valence-electron chi connectivity index (χ0n) is 12.8. The van der Waals surface area contributed by atoms with Gasteiger partial charge >= 0.3 is 5.97 Å². The largest absolute Gasteiger partial charge is 0.466 e. The van der Waals surface area contributed by atoms with Crippen LogP contribution < -0.4 is 0 Å². The molecule has 1 aliphatic heterocycles. The van der Waals surface area contributed by atoms with Crippen LogP contribution in [0.5, 0.6) is 0 Å². The molecule has 0 spiro atoms. The van der Waals surface area contributed by atoms with Crippen LogP contribution in [0.1, 0.15) is 31.9 Å². The third-order valence-electron chi connectivity index (χ3n) is 4.57. The molecule has 1 unspecified atom stereocenters. The van der Waals surface area contributed by atoms with E-state index >= 15 is 0 Å². The van der Waals surface area contributed by atoms with Gasteiger partial charge in [-0.15, -0.1) is 0 Å². The van der Waals surface area contributed by atoms with E-state index < -0.39 is 11.7 Å². The van der Waals surface area contributed by atoms with Gasteiger partial charge in [0.15, 0.2) is 5.79 Å². The first kappa shape index (κ1) is 14.5. The number of carbonyl (C=O) groups is 1. The number of fused-ring (bicyclic) bond motifs is 2. The molecule has 0 radical (unpaired) electrons. The molecule has 0 amide bonds. The van der Waals surface area contributed by atoms with Crippen molar-refractivity contribution in [3.8, 4) is 0 Å². The summed E-state index contributed by atoms with van der Waals surface area (Å²) >= 11 is 0. The SMILES string of the molecule is CCOC(=O)C(C)C1(C)O[C@@H]2Cc3ccccc3C[C@H]2O1. The van der Waals surface area contributed by atoms with E-state index in [9.17, 15) is 4.79 Å². The Hall–Kier alpha value is -1.39. The Labute approximate surface area is 125 Å². The Morgan fingerprint density at radius 3 is 2.29 bits per heavy atom. The minimum atomic E-state index is -0.899. The Bertz CT molecular complexity index is 506. The molecule has 1 fully saturated rings. The van der Waals surface area contributed by atoms with Gasteiger partial charge in [-0.1, -0.05) is 24.3 Å². The van der Waals surface area contributed by atoms with E-state index in [2.05, 4.69) is 24.3 Å². The molecule has 1 aromatic rings. The summed E-state index contributed by atoms with van der Waals surface area (Å²) in [4.78, 5) is 12.0. The van der Waals surface area contributed by atoms with Crippen LogP contribution in [0.15, 0.2) is 24.3 Å². The average Bonchev–Trinajstić information content (AvgIpc) is 2.80. The molecule has 1 aromatic carbocycles. The number of ether oxygens (including phenoxy) is 3. The summed E-state index contributed by atoms with van der Waals surface area (Å²) in [6, 6.07) is 8.38. The van der Waals surface area contributed by atoms with Crippen molar-refractivity contribution in [2.24, 2.45) is 5.92 Å². The number of rotatable bonds is 3. The molecule has 1 heterocycles. The highest BCUT2D eigenvalue weighted by Gasteiger charge is 2.51. The van der Waals surface area contributed by atoms with Crippen molar-refractivity contribution in [2.75, 3.05) is 6.61 Å². The van der Waals surface area contributed by atoms with Gasteiger partial charge in [0.1, 0.15) is 5.92 Å². The molecule has 1 saturated heterocycles. The lowest BCUT2D eigenvalue weighted by Crippen LogP contribution is -2.40. The minimum Gasteiger partial charge on any atom is -0.466 e. The van der Waals surface area contributed by atoms with E-state index in [1.807, 2.05) is 13.8 Å². The van der Waals surface area contributed by atoms with E-state index in [4.69, 9.17) is 14.2 Å². The van der Waals surface area contributed by atoms with Crippen molar-refractivity contribution >= 4 is 5.97 Å². The van der Waals surface area contributed by atoms with Gasteiger partial charge in [-0.25, -0.2) is 0 Å². The molecule has 0 saturated carbocycles. The van der Waals surface area contributed by atoms with Gasteiger partial charge in [0.2, 0.25) is 0 Å². The van der Waals surface area contributed by atoms with Gasteiger partial charge in [-0.05, 0) is 31.9 Å². The molecule has 3 rings (SSSR count). The number of esters is 1. The average molecular weight is 290 g/mol. The zero-order valence-corrected chi connectivity index (χ0v) is 12.8. The van der Waals surface area contributed by atoms with E-state index in [-0.39, 0.29) is 18.2 Å². The number of hydrogen-bond donors (Lipinski definition) is 0. The molecule has 0 N–H and O–H groups in total. The van der Waals surface area contributed by atoms with Crippen LogP contribution in [0.3, 0.4) is 0 Å². The van der Waals surface area contributed by atoms with Gasteiger partial charge in [-0.3, -0.25) is 4.79 Å². The molecular formula is C17H22O4. The van der Waals surface area contributed by atoms with Crippen molar-refractivity contribution in [1.82, 2.24) is 0 Å². The Morgan fingerprint density at radius 2 is 1.81 bits per heavy atom. The van der Waals surface area contributed by atoms with Gasteiger partial charge in [-0.2, -0.15) is 0 Å². The highest BCUT2D eigenvalue weighted by molar-refractivity contribution is 5.73. The molecule has 114 valence electrons. The molecule has 21 heavy (non-hydrogen) atoms. The summed E-state index contributed by atoms with van der Waals surface area (Å²) in [6.07, 6.45) is 1.71. The maximum atomic E-state index is 12.0. The summed E-state index contributed by atoms with van der Waals surface area (Å²) in [6.45, 7) is 5.83. The summed E-state index contributed by atoms with van der Waals surface area (Å²) < 4.78 is 17.3. The van der Waals surface area contributed by atoms with Crippen molar-refractivity contribution in [1.29, 1.82) is 0 Å². The lowest BCUT2D eigenvalue weighted by molar-refractivity contribution is -0.207. The second kappa shape index (κ2) is 5.43. The van der Waals surface area contributed by atoms with Crippen LogP contribution >= 0.6 is 0 Å². The standard InChI is InChI=1S/C17H22O4/c1-4-19-16(18)11(2)17(3)20-14-9-12-7-5-6-8-13(12)10-15(14)21-17/h5-8,11,14-15H,4,9-10H2,1-3H3/t11?,14-,15-/m1/s1. The van der Waals surface area contributed by atoms with Gasteiger partial charge < -0.3 is 14.2 Å². The van der Waals surface area contributed by atoms with Crippen LogP contribution in [0, 0.1) is 5.92 Å². The fourth-order valence-electron chi connectivity index (χ4n) is 3.20. The lowest BCUT2D eigenvalue weighted by atomic mass is 9.88. The fourth-order valence-corrected chi connectivity index (χ4v) is 3.20. The summed E-state index contributed by atoms with van der Waals surface area (Å²) in [5.41, 5.74) is 2.63. The Kier molecular flexibility index (Phi) is 3.76. The molecular weight excluding hydrogens is 268 g/mol. The van der Waals surface area contributed by atoms with E-state index in [0.717, 1.165) is 12.8 Å². The van der Waals surface area contributed by atoms with E-state index in [0.29, 0.717) is 6.61 Å². The van der Waals surface area contributed by atoms with Crippen molar-refractivity contribution in [2.45, 2.75) is 51.6 Å². The number of carbonyl (C=O) groups excluding carboxylic acids is 1. The summed E-state index contributed by atoms with van der Waals surface area (Å²) in [5, 5.41) is 0. The van der Waals surface area contributed by atoms with E-state index in [1.165, 1.54) is 11.1 Å². The predicted octanol–water partition coefficient (Wildman–Crippen LogP) is 2.48. The number of hydrogen-bond acceptors (Lipinski definition) is 4. The second-order valence-electron chi connectivity index (χ2n) is 5.98. The summed E-state index contributed by atoms with van der Waals surface area (Å²) in [5.74, 6) is -1.61. The fraction of sp³-hybridized carbons (Fsp3) is 0.588. The van der Waals surface area contributed by atoms with Crippen LogP contribution in [0.2, 0.25) is 0 Å². The molecule has 4 heteroatoms. The smallest absolute Gasteiger partial charge is 0.314 e. The van der Waals surface area contributed by atoms with Crippen LogP contribution in [0.25, 0.3) is 0 Å². The van der Waals surface area contributed by atoms with Crippen molar-refractivity contribution in [3.63, 3.8) is 0 Å². The first-order valence-corrected chi connectivity index (χ1v) is 7.62.